The number of hydrogen-bond acceptors (Lipinski definition) is 4. The average Bonchev–Trinajstić information content (AvgIpc) is 3.00. The zero-order chi connectivity index (χ0) is 20.4. The molecular formula is C22H27N5O2. The van der Waals surface area contributed by atoms with Gasteiger partial charge in [0.1, 0.15) is 0 Å². The van der Waals surface area contributed by atoms with Crippen molar-refractivity contribution in [2.24, 2.45) is 0 Å². The standard InChI is InChI=1S/C22H27N5O2/c1-14(2)27-22(29)17-12-8-7-11-16(17)20(26-27)21(28)23-19-13-18(24-25-19)15-9-5-3-4-6-10-15/h7-8,11-15H,3-6,9-10H2,1-2H3,(H2,23,24,25,28). The van der Waals surface area contributed by atoms with Gasteiger partial charge in [0, 0.05) is 23.1 Å². The summed E-state index contributed by atoms with van der Waals surface area (Å²) in [4.78, 5) is 25.7. The third-order valence-electron chi connectivity index (χ3n) is 5.67. The lowest BCUT2D eigenvalue weighted by molar-refractivity contribution is 0.102. The molecule has 0 atom stereocenters. The van der Waals surface area contributed by atoms with E-state index in [1.807, 2.05) is 19.9 Å². The van der Waals surface area contributed by atoms with Gasteiger partial charge in [0.2, 0.25) is 0 Å². The Hall–Kier alpha value is -2.96. The number of aromatic nitrogens is 4. The molecule has 7 heteroatoms. The Kier molecular flexibility index (Phi) is 5.47. The third kappa shape index (κ3) is 3.95. The van der Waals surface area contributed by atoms with Gasteiger partial charge in [0.15, 0.2) is 11.5 Å². The van der Waals surface area contributed by atoms with Crippen molar-refractivity contribution in [3.63, 3.8) is 0 Å². The van der Waals surface area contributed by atoms with E-state index in [2.05, 4.69) is 20.6 Å². The molecule has 7 nitrogen and oxygen atoms in total. The normalized spacial score (nSPS) is 15.6. The molecular weight excluding hydrogens is 366 g/mol. The van der Waals surface area contributed by atoms with Gasteiger partial charge in [-0.2, -0.15) is 10.2 Å². The van der Waals surface area contributed by atoms with E-state index in [0.717, 1.165) is 18.5 Å². The number of benzene rings is 1. The summed E-state index contributed by atoms with van der Waals surface area (Å²) < 4.78 is 1.36. The second-order valence-electron chi connectivity index (χ2n) is 8.09. The van der Waals surface area contributed by atoms with E-state index < -0.39 is 0 Å². The number of carbonyl (C=O) groups excluding carboxylic acids is 1. The minimum Gasteiger partial charge on any atom is -0.304 e. The van der Waals surface area contributed by atoms with Crippen LogP contribution in [0.2, 0.25) is 0 Å². The largest absolute Gasteiger partial charge is 0.304 e. The first kappa shape index (κ1) is 19.4. The number of aromatic amines is 1. The molecule has 152 valence electrons. The fourth-order valence-electron chi connectivity index (χ4n) is 4.10. The van der Waals surface area contributed by atoms with Crippen LogP contribution in [0.5, 0.6) is 0 Å². The van der Waals surface area contributed by atoms with Crippen LogP contribution in [0.25, 0.3) is 10.8 Å². The minimum absolute atomic E-state index is 0.147. The highest BCUT2D eigenvalue weighted by molar-refractivity contribution is 6.10. The molecule has 0 radical (unpaired) electrons. The Morgan fingerprint density at radius 2 is 1.83 bits per heavy atom. The Morgan fingerprint density at radius 1 is 1.14 bits per heavy atom. The molecule has 29 heavy (non-hydrogen) atoms. The van der Waals surface area contributed by atoms with E-state index in [1.54, 1.807) is 24.3 Å². The van der Waals surface area contributed by atoms with E-state index in [9.17, 15) is 9.59 Å². The van der Waals surface area contributed by atoms with Gasteiger partial charge in [-0.1, -0.05) is 43.9 Å². The van der Waals surface area contributed by atoms with Crippen LogP contribution in [0.4, 0.5) is 5.82 Å². The number of hydrogen-bond donors (Lipinski definition) is 2. The Morgan fingerprint density at radius 3 is 2.52 bits per heavy atom. The van der Waals surface area contributed by atoms with Crippen LogP contribution in [0, 0.1) is 0 Å². The van der Waals surface area contributed by atoms with E-state index in [4.69, 9.17) is 0 Å². The predicted molar refractivity (Wildman–Crippen MR) is 113 cm³/mol. The molecule has 0 saturated heterocycles. The van der Waals surface area contributed by atoms with E-state index in [0.29, 0.717) is 22.5 Å². The van der Waals surface area contributed by atoms with Crippen LogP contribution in [0.1, 0.15) is 80.5 Å². The lowest BCUT2D eigenvalue weighted by atomic mass is 9.97. The van der Waals surface area contributed by atoms with Crippen molar-refractivity contribution in [3.8, 4) is 0 Å². The predicted octanol–water partition coefficient (Wildman–Crippen LogP) is 4.39. The van der Waals surface area contributed by atoms with Crippen molar-refractivity contribution in [1.29, 1.82) is 0 Å². The van der Waals surface area contributed by atoms with Gasteiger partial charge in [-0.05, 0) is 32.8 Å². The van der Waals surface area contributed by atoms with Crippen molar-refractivity contribution in [1.82, 2.24) is 20.0 Å². The van der Waals surface area contributed by atoms with Gasteiger partial charge in [-0.3, -0.25) is 14.7 Å². The molecule has 0 unspecified atom stereocenters. The molecule has 2 aromatic heterocycles. The molecule has 1 aromatic carbocycles. The number of H-pyrrole nitrogens is 1. The molecule has 1 saturated carbocycles. The van der Waals surface area contributed by atoms with Gasteiger partial charge >= 0.3 is 0 Å². The van der Waals surface area contributed by atoms with E-state index >= 15 is 0 Å². The smallest absolute Gasteiger partial charge is 0.277 e. The van der Waals surface area contributed by atoms with E-state index in [1.165, 1.54) is 30.4 Å². The zero-order valence-corrected chi connectivity index (χ0v) is 16.9. The van der Waals surface area contributed by atoms with Crippen LogP contribution in [-0.2, 0) is 0 Å². The second-order valence-corrected chi connectivity index (χ2v) is 8.09. The van der Waals surface area contributed by atoms with Gasteiger partial charge in [0.25, 0.3) is 11.5 Å². The summed E-state index contributed by atoms with van der Waals surface area (Å²) in [6.07, 6.45) is 7.36. The fourth-order valence-corrected chi connectivity index (χ4v) is 4.10. The van der Waals surface area contributed by atoms with Crippen molar-refractivity contribution >= 4 is 22.5 Å². The molecule has 1 amide bonds. The lowest BCUT2D eigenvalue weighted by Gasteiger charge is -2.13. The third-order valence-corrected chi connectivity index (χ3v) is 5.67. The molecule has 2 N–H and O–H groups in total. The maximum Gasteiger partial charge on any atom is 0.277 e. The average molecular weight is 393 g/mol. The first-order valence-corrected chi connectivity index (χ1v) is 10.4. The van der Waals surface area contributed by atoms with E-state index in [-0.39, 0.29) is 23.2 Å². The van der Waals surface area contributed by atoms with Crippen molar-refractivity contribution in [3.05, 3.63) is 52.1 Å². The number of carbonyl (C=O) groups is 1. The summed E-state index contributed by atoms with van der Waals surface area (Å²) in [6.45, 7) is 3.75. The summed E-state index contributed by atoms with van der Waals surface area (Å²) in [5.74, 6) is 0.592. The number of nitrogens with one attached hydrogen (secondary N) is 2. The molecule has 3 aromatic rings. The molecule has 4 rings (SSSR count). The number of amides is 1. The summed E-state index contributed by atoms with van der Waals surface area (Å²) in [5, 5.41) is 15.6. The molecule has 1 aliphatic rings. The summed E-state index contributed by atoms with van der Waals surface area (Å²) >= 11 is 0. The zero-order valence-electron chi connectivity index (χ0n) is 16.9. The topological polar surface area (TPSA) is 92.7 Å². The molecule has 2 heterocycles. The fraction of sp³-hybridized carbons (Fsp3) is 0.455. The van der Waals surface area contributed by atoms with Gasteiger partial charge in [0.05, 0.1) is 11.4 Å². The highest BCUT2D eigenvalue weighted by Crippen LogP contribution is 2.31. The first-order chi connectivity index (χ1) is 14.0. The monoisotopic (exact) mass is 393 g/mol. The van der Waals surface area contributed by atoms with Crippen LogP contribution in [0.3, 0.4) is 0 Å². The number of fused-ring (bicyclic) bond motifs is 1. The molecule has 0 aliphatic heterocycles. The van der Waals surface area contributed by atoms with Crippen LogP contribution >= 0.6 is 0 Å². The molecule has 1 fully saturated rings. The number of nitrogens with zero attached hydrogens (tertiary/aromatic N) is 3. The van der Waals surface area contributed by atoms with Crippen molar-refractivity contribution in [2.45, 2.75) is 64.3 Å². The Bertz CT molecular complexity index is 1070. The first-order valence-electron chi connectivity index (χ1n) is 10.4. The van der Waals surface area contributed by atoms with Gasteiger partial charge in [-0.25, -0.2) is 4.68 Å². The number of rotatable bonds is 4. The second kappa shape index (κ2) is 8.19. The highest BCUT2D eigenvalue weighted by atomic mass is 16.2. The quantitative estimate of drug-likeness (QED) is 0.643. The summed E-state index contributed by atoms with van der Waals surface area (Å²) in [5.41, 5.74) is 1.11. The Labute approximate surface area is 169 Å². The van der Waals surface area contributed by atoms with Crippen LogP contribution in [0.15, 0.2) is 35.1 Å². The summed E-state index contributed by atoms with van der Waals surface area (Å²) in [7, 11) is 0. The SMILES string of the molecule is CC(C)n1nc(C(=O)Nc2cc(C3CCCCCC3)[nH]n2)c2ccccc2c1=O. The number of anilines is 1. The molecule has 0 bridgehead atoms. The maximum atomic E-state index is 13.0. The lowest BCUT2D eigenvalue weighted by Crippen LogP contribution is -2.29. The van der Waals surface area contributed by atoms with Crippen molar-refractivity contribution in [2.75, 3.05) is 5.32 Å². The van der Waals surface area contributed by atoms with Crippen molar-refractivity contribution < 1.29 is 4.79 Å². The van der Waals surface area contributed by atoms with Crippen LogP contribution in [-0.4, -0.2) is 25.9 Å². The molecule has 1 aliphatic carbocycles. The minimum atomic E-state index is -0.366. The van der Waals surface area contributed by atoms with Gasteiger partial charge < -0.3 is 5.32 Å². The molecule has 0 spiro atoms. The van der Waals surface area contributed by atoms with Crippen LogP contribution < -0.4 is 10.9 Å². The Balaban J connectivity index is 1.63. The maximum absolute atomic E-state index is 13.0. The summed E-state index contributed by atoms with van der Waals surface area (Å²) in [6, 6.07) is 8.86. The van der Waals surface area contributed by atoms with Gasteiger partial charge in [-0.15, -0.1) is 0 Å². The highest BCUT2D eigenvalue weighted by Gasteiger charge is 2.20.